The normalized spacial score (nSPS) is 16.6. The molecule has 4 nitrogen and oxygen atoms in total. The summed E-state index contributed by atoms with van der Waals surface area (Å²) in [6, 6.07) is 3.66. The zero-order chi connectivity index (χ0) is 14.3. The first-order valence-electron chi connectivity index (χ1n) is 5.98. The molecule has 1 atom stereocenters. The Morgan fingerprint density at radius 2 is 2.26 bits per heavy atom. The number of rotatable bonds is 3. The lowest BCUT2D eigenvalue weighted by atomic mass is 10.0. The van der Waals surface area contributed by atoms with Crippen molar-refractivity contribution in [1.82, 2.24) is 5.32 Å². The second kappa shape index (κ2) is 7.45. The number of alkyl halides is 1. The molecule has 2 N–H and O–H groups in total. The van der Waals surface area contributed by atoms with E-state index in [1.807, 2.05) is 6.92 Å². The van der Waals surface area contributed by atoms with Gasteiger partial charge in [-0.25, -0.2) is 8.78 Å². The average Bonchev–Trinajstić information content (AvgIpc) is 2.36. The Balaban J connectivity index is 0.000000258. The molecule has 19 heavy (non-hydrogen) atoms. The van der Waals surface area contributed by atoms with Gasteiger partial charge in [0.25, 0.3) is 0 Å². The quantitative estimate of drug-likeness (QED) is 0.654. The molecule has 1 aromatic rings. The molecule has 0 fully saturated rings. The Bertz CT molecular complexity index is 452. The van der Waals surface area contributed by atoms with Gasteiger partial charge >= 0.3 is 0 Å². The summed E-state index contributed by atoms with van der Waals surface area (Å²) in [4.78, 5) is 20.3. The predicted octanol–water partition coefficient (Wildman–Crippen LogP) is 2.32. The molecular formula is C13H16F2N2O2. The van der Waals surface area contributed by atoms with Crippen LogP contribution in [0.15, 0.2) is 18.2 Å². The standard InChI is InChI=1S/C9H7F2NO.C4H9NO/c10-5-1-2-6-7(11)4-9(13)12-8(6)3-5;1-2-3-5-4-6/h1-3,7H,4H2,(H,12,13);4H,2-3H2,1H3,(H,5,6). The van der Waals surface area contributed by atoms with Crippen LogP contribution in [-0.2, 0) is 9.59 Å². The summed E-state index contributed by atoms with van der Waals surface area (Å²) in [5.41, 5.74) is 0.588. The zero-order valence-corrected chi connectivity index (χ0v) is 10.6. The Labute approximate surface area is 110 Å². The summed E-state index contributed by atoms with van der Waals surface area (Å²) in [5, 5.41) is 4.93. The number of halogens is 2. The molecule has 1 unspecified atom stereocenters. The fraction of sp³-hybridized carbons (Fsp3) is 0.385. The molecular weight excluding hydrogens is 254 g/mol. The molecule has 0 saturated carbocycles. The first-order valence-corrected chi connectivity index (χ1v) is 5.98. The average molecular weight is 270 g/mol. The van der Waals surface area contributed by atoms with E-state index in [1.165, 1.54) is 12.1 Å². The van der Waals surface area contributed by atoms with E-state index in [2.05, 4.69) is 10.6 Å². The van der Waals surface area contributed by atoms with Crippen molar-refractivity contribution in [3.05, 3.63) is 29.6 Å². The van der Waals surface area contributed by atoms with Crippen LogP contribution in [0.25, 0.3) is 0 Å². The molecule has 0 bridgehead atoms. The van der Waals surface area contributed by atoms with Crippen LogP contribution >= 0.6 is 0 Å². The fourth-order valence-electron chi connectivity index (χ4n) is 1.59. The number of anilines is 1. The monoisotopic (exact) mass is 270 g/mol. The summed E-state index contributed by atoms with van der Waals surface area (Å²) in [6.07, 6.45) is 0.227. The van der Waals surface area contributed by atoms with Gasteiger partial charge in [-0.05, 0) is 18.6 Å². The van der Waals surface area contributed by atoms with Crippen molar-refractivity contribution in [3.63, 3.8) is 0 Å². The maximum absolute atomic E-state index is 13.2. The fourth-order valence-corrected chi connectivity index (χ4v) is 1.59. The van der Waals surface area contributed by atoms with E-state index in [4.69, 9.17) is 0 Å². The van der Waals surface area contributed by atoms with Crippen LogP contribution in [0.4, 0.5) is 14.5 Å². The Hall–Kier alpha value is -1.98. The van der Waals surface area contributed by atoms with Gasteiger partial charge in [-0.15, -0.1) is 0 Å². The van der Waals surface area contributed by atoms with E-state index in [0.29, 0.717) is 12.0 Å². The summed E-state index contributed by atoms with van der Waals surface area (Å²) >= 11 is 0. The number of amides is 2. The van der Waals surface area contributed by atoms with Crippen molar-refractivity contribution >= 4 is 18.0 Å². The van der Waals surface area contributed by atoms with Crippen LogP contribution in [0.5, 0.6) is 0 Å². The summed E-state index contributed by atoms with van der Waals surface area (Å²) in [6.45, 7) is 2.81. The maximum atomic E-state index is 13.2. The van der Waals surface area contributed by atoms with E-state index in [-0.39, 0.29) is 12.1 Å². The van der Waals surface area contributed by atoms with Crippen molar-refractivity contribution in [1.29, 1.82) is 0 Å². The SMILES string of the molecule is CCCNC=O.O=C1CC(F)c2ccc(F)cc2N1. The van der Waals surface area contributed by atoms with Crippen LogP contribution in [0.1, 0.15) is 31.5 Å². The number of carbonyl (C=O) groups is 2. The first-order chi connectivity index (χ1) is 9.08. The smallest absolute Gasteiger partial charge is 0.227 e. The molecule has 1 heterocycles. The number of fused-ring (bicyclic) bond motifs is 1. The highest BCUT2D eigenvalue weighted by atomic mass is 19.1. The van der Waals surface area contributed by atoms with Crippen LogP contribution in [0.3, 0.4) is 0 Å². The van der Waals surface area contributed by atoms with Crippen LogP contribution in [-0.4, -0.2) is 18.9 Å². The molecule has 1 aliphatic rings. The molecule has 6 heteroatoms. The van der Waals surface area contributed by atoms with Gasteiger partial charge in [0, 0.05) is 17.8 Å². The number of hydrogen-bond acceptors (Lipinski definition) is 2. The third-order valence-corrected chi connectivity index (χ3v) is 2.47. The van der Waals surface area contributed by atoms with E-state index >= 15 is 0 Å². The lowest BCUT2D eigenvalue weighted by molar-refractivity contribution is -0.117. The molecule has 104 valence electrons. The van der Waals surface area contributed by atoms with Crippen molar-refractivity contribution in [3.8, 4) is 0 Å². The van der Waals surface area contributed by atoms with Crippen LogP contribution in [0, 0.1) is 5.82 Å². The number of benzene rings is 1. The number of hydrogen-bond donors (Lipinski definition) is 2. The highest BCUT2D eigenvalue weighted by Crippen LogP contribution is 2.33. The summed E-state index contributed by atoms with van der Waals surface area (Å²) in [5.74, 6) is -0.890. The van der Waals surface area contributed by atoms with E-state index in [0.717, 1.165) is 19.0 Å². The van der Waals surface area contributed by atoms with Gasteiger partial charge in [0.2, 0.25) is 12.3 Å². The third kappa shape index (κ3) is 4.65. The largest absolute Gasteiger partial charge is 0.359 e. The van der Waals surface area contributed by atoms with Gasteiger partial charge in [0.1, 0.15) is 12.0 Å². The van der Waals surface area contributed by atoms with Gasteiger partial charge in [0.15, 0.2) is 0 Å². The predicted molar refractivity (Wildman–Crippen MR) is 67.9 cm³/mol. The Kier molecular flexibility index (Phi) is 5.92. The van der Waals surface area contributed by atoms with Gasteiger partial charge < -0.3 is 10.6 Å². The molecule has 2 rings (SSSR count). The van der Waals surface area contributed by atoms with Gasteiger partial charge in [0.05, 0.1) is 6.42 Å². The molecule has 2 amide bonds. The zero-order valence-electron chi connectivity index (χ0n) is 10.6. The molecule has 0 aliphatic carbocycles. The molecule has 0 saturated heterocycles. The van der Waals surface area contributed by atoms with Crippen molar-refractivity contribution in [2.45, 2.75) is 25.9 Å². The minimum Gasteiger partial charge on any atom is -0.359 e. The van der Waals surface area contributed by atoms with Gasteiger partial charge in [-0.3, -0.25) is 9.59 Å². The van der Waals surface area contributed by atoms with Crippen molar-refractivity contribution in [2.75, 3.05) is 11.9 Å². The van der Waals surface area contributed by atoms with Crippen LogP contribution < -0.4 is 10.6 Å². The Morgan fingerprint density at radius 1 is 1.53 bits per heavy atom. The molecule has 0 aromatic heterocycles. The topological polar surface area (TPSA) is 58.2 Å². The van der Waals surface area contributed by atoms with Crippen molar-refractivity contribution < 1.29 is 18.4 Å². The maximum Gasteiger partial charge on any atom is 0.227 e. The van der Waals surface area contributed by atoms with E-state index < -0.39 is 17.9 Å². The minimum atomic E-state index is -1.32. The number of carbonyl (C=O) groups excluding carboxylic acids is 2. The molecule has 0 spiro atoms. The highest BCUT2D eigenvalue weighted by Gasteiger charge is 2.24. The first kappa shape index (κ1) is 15.1. The minimum absolute atomic E-state index is 0.182. The third-order valence-electron chi connectivity index (χ3n) is 2.47. The molecule has 1 aromatic carbocycles. The lowest BCUT2D eigenvalue weighted by Crippen LogP contribution is -2.20. The van der Waals surface area contributed by atoms with Crippen LogP contribution in [0.2, 0.25) is 0 Å². The van der Waals surface area contributed by atoms with Crippen molar-refractivity contribution in [2.24, 2.45) is 0 Å². The highest BCUT2D eigenvalue weighted by molar-refractivity contribution is 5.94. The molecule has 1 aliphatic heterocycles. The van der Waals surface area contributed by atoms with Gasteiger partial charge in [-0.2, -0.15) is 0 Å². The second-order valence-electron chi connectivity index (χ2n) is 4.02. The summed E-state index contributed by atoms with van der Waals surface area (Å²) < 4.78 is 25.9. The number of nitrogens with one attached hydrogen (secondary N) is 2. The van der Waals surface area contributed by atoms with E-state index in [1.54, 1.807) is 0 Å². The van der Waals surface area contributed by atoms with Gasteiger partial charge in [-0.1, -0.05) is 13.0 Å². The van der Waals surface area contributed by atoms with E-state index in [9.17, 15) is 18.4 Å². The Morgan fingerprint density at radius 3 is 2.84 bits per heavy atom. The molecule has 0 radical (unpaired) electrons. The summed E-state index contributed by atoms with van der Waals surface area (Å²) in [7, 11) is 0. The lowest BCUT2D eigenvalue weighted by Gasteiger charge is -2.19. The second-order valence-corrected chi connectivity index (χ2v) is 4.02.